The van der Waals surface area contributed by atoms with Gasteiger partial charge in [-0.15, -0.1) is 11.8 Å². The zero-order valence-corrected chi connectivity index (χ0v) is 7.05. The molecule has 0 aromatic rings. The lowest BCUT2D eigenvalue weighted by Gasteiger charge is -2.23. The second-order valence-corrected chi connectivity index (χ2v) is 3.35. The van der Waals surface area contributed by atoms with Crippen LogP contribution in [0.1, 0.15) is 6.42 Å². The molecule has 1 rings (SSSR count). The number of hydrazone groups is 1. The summed E-state index contributed by atoms with van der Waals surface area (Å²) in [5.41, 5.74) is 2.85. The van der Waals surface area contributed by atoms with Crippen molar-refractivity contribution in [1.82, 2.24) is 5.43 Å². The Morgan fingerprint density at radius 1 is 1.91 bits per heavy atom. The average Bonchev–Trinajstić information content (AvgIpc) is 2.03. The van der Waals surface area contributed by atoms with Gasteiger partial charge in [0.25, 0.3) is 0 Å². The van der Waals surface area contributed by atoms with E-state index in [1.807, 2.05) is 0 Å². The first kappa shape index (κ1) is 8.62. The molecule has 0 saturated heterocycles. The monoisotopic (exact) mass is 172 g/mol. The highest BCUT2D eigenvalue weighted by Crippen LogP contribution is 2.10. The molecular formula is C7H12N2OS. The zero-order valence-electron chi connectivity index (χ0n) is 6.23. The molecule has 0 aromatic carbocycles. The van der Waals surface area contributed by atoms with Gasteiger partial charge in [-0.3, -0.25) is 0 Å². The molecule has 0 aliphatic carbocycles. The fourth-order valence-corrected chi connectivity index (χ4v) is 1.52. The van der Waals surface area contributed by atoms with Crippen LogP contribution in [0.5, 0.6) is 0 Å². The molecule has 11 heavy (non-hydrogen) atoms. The summed E-state index contributed by atoms with van der Waals surface area (Å²) in [6.07, 6.45) is 2.04. The Bertz CT molecular complexity index is 161. The highest BCUT2D eigenvalue weighted by molar-refractivity contribution is 8.02. The first-order valence-electron chi connectivity index (χ1n) is 3.52. The lowest BCUT2D eigenvalue weighted by Crippen LogP contribution is -2.42. The van der Waals surface area contributed by atoms with Gasteiger partial charge in [0.15, 0.2) is 0 Å². The van der Waals surface area contributed by atoms with Gasteiger partial charge in [0.05, 0.1) is 12.1 Å². The van der Waals surface area contributed by atoms with Crippen molar-refractivity contribution in [2.75, 3.05) is 5.75 Å². The topological polar surface area (TPSA) is 44.6 Å². The SMILES string of the molecule is C=CSC[C@@H]1NN=CCC1O. The molecule has 0 saturated carbocycles. The third-order valence-electron chi connectivity index (χ3n) is 1.54. The largest absolute Gasteiger partial charge is 0.391 e. The molecule has 1 unspecified atom stereocenters. The molecular weight excluding hydrogens is 160 g/mol. The van der Waals surface area contributed by atoms with E-state index >= 15 is 0 Å². The Morgan fingerprint density at radius 2 is 2.73 bits per heavy atom. The van der Waals surface area contributed by atoms with Gasteiger partial charge in [-0.1, -0.05) is 6.58 Å². The second kappa shape index (κ2) is 4.41. The maximum atomic E-state index is 9.39. The van der Waals surface area contributed by atoms with Gasteiger partial charge in [0, 0.05) is 18.4 Å². The van der Waals surface area contributed by atoms with E-state index in [1.54, 1.807) is 23.4 Å². The molecule has 3 nitrogen and oxygen atoms in total. The van der Waals surface area contributed by atoms with Crippen molar-refractivity contribution >= 4 is 18.0 Å². The Morgan fingerprint density at radius 3 is 3.36 bits per heavy atom. The Balaban J connectivity index is 2.31. The predicted octanol–water partition coefficient (Wildman–Crippen LogP) is 0.572. The number of hydrogen-bond acceptors (Lipinski definition) is 4. The standard InChI is InChI=1S/C7H12N2OS/c1-2-11-5-6-7(10)3-4-8-9-6/h2,4,6-7,9-10H,1,3,5H2/t6-,7?/m0/s1. The molecule has 0 bridgehead atoms. The van der Waals surface area contributed by atoms with Crippen LogP contribution in [0.3, 0.4) is 0 Å². The van der Waals surface area contributed by atoms with Crippen molar-refractivity contribution in [3.05, 3.63) is 12.0 Å². The number of hydrogen-bond donors (Lipinski definition) is 2. The quantitative estimate of drug-likeness (QED) is 0.654. The normalized spacial score (nSPS) is 29.5. The summed E-state index contributed by atoms with van der Waals surface area (Å²) in [7, 11) is 0. The summed E-state index contributed by atoms with van der Waals surface area (Å²) in [6, 6.07) is 0.0722. The number of nitrogens with zero attached hydrogens (tertiary/aromatic N) is 1. The lowest BCUT2D eigenvalue weighted by molar-refractivity contribution is 0.139. The second-order valence-electron chi connectivity index (χ2n) is 2.35. The summed E-state index contributed by atoms with van der Waals surface area (Å²) in [5, 5.41) is 15.0. The first-order chi connectivity index (χ1) is 5.34. The van der Waals surface area contributed by atoms with Crippen LogP contribution < -0.4 is 5.43 Å². The Kier molecular flexibility index (Phi) is 3.45. The number of thioether (sulfide) groups is 1. The van der Waals surface area contributed by atoms with Gasteiger partial charge >= 0.3 is 0 Å². The third-order valence-corrected chi connectivity index (χ3v) is 2.32. The minimum atomic E-state index is -0.306. The average molecular weight is 172 g/mol. The fourth-order valence-electron chi connectivity index (χ4n) is 0.880. The molecule has 62 valence electrons. The van der Waals surface area contributed by atoms with Crippen molar-refractivity contribution in [1.29, 1.82) is 0 Å². The maximum absolute atomic E-state index is 9.39. The van der Waals surface area contributed by atoms with Crippen LogP contribution in [-0.2, 0) is 0 Å². The highest BCUT2D eigenvalue weighted by Gasteiger charge is 2.19. The van der Waals surface area contributed by atoms with Crippen molar-refractivity contribution in [3.63, 3.8) is 0 Å². The molecule has 2 N–H and O–H groups in total. The summed E-state index contributed by atoms with van der Waals surface area (Å²) in [4.78, 5) is 0. The minimum Gasteiger partial charge on any atom is -0.391 e. The molecule has 1 heterocycles. The smallest absolute Gasteiger partial charge is 0.0815 e. The molecule has 2 atom stereocenters. The molecule has 0 aromatic heterocycles. The number of aliphatic hydroxyl groups is 1. The van der Waals surface area contributed by atoms with E-state index in [1.165, 1.54) is 0 Å². The van der Waals surface area contributed by atoms with Crippen LogP contribution in [0, 0.1) is 0 Å². The maximum Gasteiger partial charge on any atom is 0.0815 e. The summed E-state index contributed by atoms with van der Waals surface area (Å²) in [5.74, 6) is 0.821. The van der Waals surface area contributed by atoms with Crippen LogP contribution in [0.2, 0.25) is 0 Å². The van der Waals surface area contributed by atoms with E-state index in [0.717, 1.165) is 5.75 Å². The predicted molar refractivity (Wildman–Crippen MR) is 48.7 cm³/mol. The lowest BCUT2D eigenvalue weighted by atomic mass is 10.1. The van der Waals surface area contributed by atoms with Crippen molar-refractivity contribution < 1.29 is 5.11 Å². The fraction of sp³-hybridized carbons (Fsp3) is 0.571. The molecule has 1 aliphatic heterocycles. The van der Waals surface area contributed by atoms with Crippen LogP contribution in [0.4, 0.5) is 0 Å². The van der Waals surface area contributed by atoms with E-state index in [-0.39, 0.29) is 12.1 Å². The van der Waals surface area contributed by atoms with E-state index in [0.29, 0.717) is 6.42 Å². The zero-order chi connectivity index (χ0) is 8.10. The molecule has 0 radical (unpaired) electrons. The van der Waals surface area contributed by atoms with E-state index in [2.05, 4.69) is 17.1 Å². The molecule has 0 spiro atoms. The van der Waals surface area contributed by atoms with Crippen LogP contribution in [-0.4, -0.2) is 29.2 Å². The highest BCUT2D eigenvalue weighted by atomic mass is 32.2. The van der Waals surface area contributed by atoms with Crippen molar-refractivity contribution in [2.45, 2.75) is 18.6 Å². The number of nitrogens with one attached hydrogen (secondary N) is 1. The number of aliphatic hydroxyl groups excluding tert-OH is 1. The van der Waals surface area contributed by atoms with Crippen LogP contribution in [0.25, 0.3) is 0 Å². The van der Waals surface area contributed by atoms with E-state index in [4.69, 9.17) is 0 Å². The van der Waals surface area contributed by atoms with Crippen molar-refractivity contribution in [2.24, 2.45) is 5.10 Å². The number of rotatable bonds is 3. The Labute approximate surface area is 70.6 Å². The third kappa shape index (κ3) is 2.55. The first-order valence-corrected chi connectivity index (χ1v) is 4.57. The summed E-state index contributed by atoms with van der Waals surface area (Å²) < 4.78 is 0. The molecule has 0 amide bonds. The summed E-state index contributed by atoms with van der Waals surface area (Å²) >= 11 is 1.59. The Hall–Kier alpha value is -0.480. The molecule has 4 heteroatoms. The van der Waals surface area contributed by atoms with Gasteiger partial charge in [-0.05, 0) is 5.41 Å². The van der Waals surface area contributed by atoms with E-state index < -0.39 is 0 Å². The minimum absolute atomic E-state index is 0.0722. The molecule has 0 fully saturated rings. The van der Waals surface area contributed by atoms with Crippen LogP contribution >= 0.6 is 11.8 Å². The van der Waals surface area contributed by atoms with Gasteiger partial charge in [0.2, 0.25) is 0 Å². The van der Waals surface area contributed by atoms with Gasteiger partial charge in [-0.25, -0.2) is 0 Å². The van der Waals surface area contributed by atoms with Crippen LogP contribution in [0.15, 0.2) is 17.1 Å². The van der Waals surface area contributed by atoms with Gasteiger partial charge in [-0.2, -0.15) is 5.10 Å². The van der Waals surface area contributed by atoms with Gasteiger partial charge < -0.3 is 10.5 Å². The van der Waals surface area contributed by atoms with Crippen molar-refractivity contribution in [3.8, 4) is 0 Å². The summed E-state index contributed by atoms with van der Waals surface area (Å²) in [6.45, 7) is 3.59. The molecule has 1 aliphatic rings. The van der Waals surface area contributed by atoms with Gasteiger partial charge in [0.1, 0.15) is 0 Å². The van der Waals surface area contributed by atoms with E-state index in [9.17, 15) is 5.11 Å².